The third-order valence-electron chi connectivity index (χ3n) is 8.72. The second-order valence-corrected chi connectivity index (χ2v) is 11.3. The van der Waals surface area contributed by atoms with Gasteiger partial charge in [0.25, 0.3) is 0 Å². The molecule has 2 saturated carbocycles. The Balaban J connectivity index is 1.60. The van der Waals surface area contributed by atoms with Crippen molar-refractivity contribution in [2.75, 3.05) is 6.61 Å². The summed E-state index contributed by atoms with van der Waals surface area (Å²) in [6.45, 7) is 10.4. The van der Waals surface area contributed by atoms with Crippen LogP contribution in [0.25, 0.3) is 0 Å². The minimum Gasteiger partial charge on any atom is -0.495 e. The van der Waals surface area contributed by atoms with Crippen LogP contribution in [0.2, 0.25) is 0 Å². The zero-order chi connectivity index (χ0) is 21.6. The molecule has 0 aromatic heterocycles. The topological polar surface area (TPSA) is 71.5 Å². The van der Waals surface area contributed by atoms with Crippen LogP contribution in [0.4, 0.5) is 0 Å². The molecule has 2 aliphatic heterocycles. The summed E-state index contributed by atoms with van der Waals surface area (Å²) in [6.07, 6.45) is 6.18. The summed E-state index contributed by atoms with van der Waals surface area (Å²) in [5.41, 5.74) is 0.613. The van der Waals surface area contributed by atoms with E-state index in [1.165, 1.54) is 11.1 Å². The van der Waals surface area contributed by atoms with Crippen LogP contribution in [0, 0.1) is 23.2 Å². The lowest BCUT2D eigenvalue weighted by atomic mass is 9.49. The second kappa shape index (κ2) is 6.71. The van der Waals surface area contributed by atoms with Gasteiger partial charge in [-0.05, 0) is 61.5 Å². The van der Waals surface area contributed by atoms with E-state index in [9.17, 15) is 10.2 Å². The van der Waals surface area contributed by atoms with Crippen molar-refractivity contribution in [3.8, 4) is 0 Å². The van der Waals surface area contributed by atoms with Crippen molar-refractivity contribution in [2.24, 2.45) is 23.2 Å². The first-order valence-electron chi connectivity index (χ1n) is 11.5. The maximum atomic E-state index is 11.8. The summed E-state index contributed by atoms with van der Waals surface area (Å²) in [5.74, 6) is 0.511. The van der Waals surface area contributed by atoms with Crippen LogP contribution < -0.4 is 0 Å². The van der Waals surface area contributed by atoms with E-state index in [-0.39, 0.29) is 42.2 Å². The normalized spacial score (nSPS) is 51.4. The maximum absolute atomic E-state index is 11.8. The molecule has 2 heterocycles. The van der Waals surface area contributed by atoms with Gasteiger partial charge in [-0.1, -0.05) is 26.8 Å². The second-order valence-electron chi connectivity index (χ2n) is 10.8. The Morgan fingerprint density at radius 3 is 2.67 bits per heavy atom. The molecule has 1 saturated heterocycles. The number of epoxide rings is 1. The number of halogens is 1. The van der Waals surface area contributed by atoms with Crippen molar-refractivity contribution in [2.45, 2.75) is 94.9 Å². The van der Waals surface area contributed by atoms with E-state index >= 15 is 0 Å². The number of hydrogen-bond donors (Lipinski definition) is 2. The first-order valence-corrected chi connectivity index (χ1v) is 11.9. The molecule has 1 spiro atoms. The fourth-order valence-electron chi connectivity index (χ4n) is 7.03. The van der Waals surface area contributed by atoms with E-state index in [0.717, 1.165) is 19.3 Å². The van der Waals surface area contributed by atoms with Crippen LogP contribution in [0.5, 0.6) is 0 Å². The highest BCUT2D eigenvalue weighted by atomic mass is 35.5. The van der Waals surface area contributed by atoms with E-state index in [2.05, 4.69) is 13.0 Å². The number of alkyl halides is 1. The van der Waals surface area contributed by atoms with Crippen LogP contribution in [-0.4, -0.2) is 57.8 Å². The fourth-order valence-corrected chi connectivity index (χ4v) is 7.52. The molecule has 0 radical (unpaired) electrons. The van der Waals surface area contributed by atoms with E-state index in [0.29, 0.717) is 5.92 Å². The average molecular weight is 439 g/mol. The molecule has 2 N–H and O–H groups in total. The van der Waals surface area contributed by atoms with Gasteiger partial charge in [0.15, 0.2) is 0 Å². The molecule has 9 atom stereocenters. The highest BCUT2D eigenvalue weighted by molar-refractivity contribution is 6.23. The van der Waals surface area contributed by atoms with Crippen LogP contribution >= 0.6 is 11.6 Å². The lowest BCUT2D eigenvalue weighted by Gasteiger charge is -2.57. The zero-order valence-electron chi connectivity index (χ0n) is 18.6. The SMILES string of the molecule is CC(C)OC1C23OC2CC2C4=COC(CO)C4CCC2(C)C3=CC(Cl)C1(O)C(C)C. The smallest absolute Gasteiger partial charge is 0.145 e. The monoisotopic (exact) mass is 438 g/mol. The van der Waals surface area contributed by atoms with Gasteiger partial charge >= 0.3 is 0 Å². The van der Waals surface area contributed by atoms with Gasteiger partial charge in [-0.25, -0.2) is 0 Å². The van der Waals surface area contributed by atoms with Crippen molar-refractivity contribution in [3.63, 3.8) is 0 Å². The molecule has 9 unspecified atom stereocenters. The summed E-state index contributed by atoms with van der Waals surface area (Å²) in [6, 6.07) is 0. The van der Waals surface area contributed by atoms with Crippen molar-refractivity contribution in [1.29, 1.82) is 0 Å². The van der Waals surface area contributed by atoms with Crippen LogP contribution in [0.15, 0.2) is 23.5 Å². The Hall–Kier alpha value is -0.590. The predicted molar refractivity (Wildman–Crippen MR) is 114 cm³/mol. The Kier molecular flexibility index (Phi) is 4.75. The number of ether oxygens (including phenoxy) is 3. The number of hydrogen-bond acceptors (Lipinski definition) is 5. The first kappa shape index (κ1) is 21.3. The Morgan fingerprint density at radius 2 is 2.03 bits per heavy atom. The molecule has 0 bridgehead atoms. The Labute approximate surface area is 184 Å². The number of fused-ring (bicyclic) bond motifs is 4. The van der Waals surface area contributed by atoms with Crippen molar-refractivity contribution in [1.82, 2.24) is 0 Å². The van der Waals surface area contributed by atoms with Gasteiger partial charge < -0.3 is 24.4 Å². The molecule has 3 aliphatic carbocycles. The first-order chi connectivity index (χ1) is 14.1. The average Bonchev–Trinajstić information content (AvgIpc) is 3.24. The molecule has 0 amide bonds. The van der Waals surface area contributed by atoms with E-state index in [1.807, 2.05) is 34.0 Å². The summed E-state index contributed by atoms with van der Waals surface area (Å²) in [5, 5.41) is 21.0. The van der Waals surface area contributed by atoms with Gasteiger partial charge in [-0.2, -0.15) is 0 Å². The molecule has 3 fully saturated rings. The largest absolute Gasteiger partial charge is 0.495 e. The maximum Gasteiger partial charge on any atom is 0.145 e. The molecule has 5 nitrogen and oxygen atoms in total. The summed E-state index contributed by atoms with van der Waals surface area (Å²) in [4.78, 5) is 0. The van der Waals surface area contributed by atoms with E-state index in [4.69, 9.17) is 25.8 Å². The van der Waals surface area contributed by atoms with Crippen molar-refractivity contribution >= 4 is 11.6 Å². The number of aliphatic hydroxyl groups is 2. The summed E-state index contributed by atoms with van der Waals surface area (Å²) in [7, 11) is 0. The third kappa shape index (κ3) is 2.50. The quantitative estimate of drug-likeness (QED) is 0.399. The number of aliphatic hydroxyl groups excluding tert-OH is 1. The minimum atomic E-state index is -1.19. The third-order valence-corrected chi connectivity index (χ3v) is 9.20. The van der Waals surface area contributed by atoms with Crippen molar-refractivity contribution < 1.29 is 24.4 Å². The molecule has 30 heavy (non-hydrogen) atoms. The lowest BCUT2D eigenvalue weighted by Crippen LogP contribution is -2.67. The standard InChI is InChI=1S/C24H35ClO5/c1-12(2)23(27)19(25)9-18-22(5)7-6-14-15(11-28-17(14)10-26)16(22)8-20-24(18,30-20)21(23)29-13(3)4/h9,11-14,16-17,19-21,26-27H,6-8,10H2,1-5H3. The molecule has 5 aliphatic rings. The lowest BCUT2D eigenvalue weighted by molar-refractivity contribution is -0.176. The molecule has 5 rings (SSSR count). The zero-order valence-corrected chi connectivity index (χ0v) is 19.4. The van der Waals surface area contributed by atoms with E-state index < -0.39 is 22.7 Å². The van der Waals surface area contributed by atoms with Gasteiger partial charge in [0.2, 0.25) is 0 Å². The van der Waals surface area contributed by atoms with Crippen molar-refractivity contribution in [3.05, 3.63) is 23.5 Å². The molecular weight excluding hydrogens is 404 g/mol. The van der Waals surface area contributed by atoms with Gasteiger partial charge in [0, 0.05) is 5.92 Å². The fraction of sp³-hybridized carbons (Fsp3) is 0.833. The Morgan fingerprint density at radius 1 is 1.30 bits per heavy atom. The molecule has 0 aromatic rings. The molecular formula is C24H35ClO5. The van der Waals surface area contributed by atoms with Gasteiger partial charge in [-0.3, -0.25) is 0 Å². The van der Waals surface area contributed by atoms with Gasteiger partial charge in [-0.15, -0.1) is 11.6 Å². The molecule has 6 heteroatoms. The predicted octanol–water partition coefficient (Wildman–Crippen LogP) is 3.56. The molecule has 0 aromatic carbocycles. The Bertz CT molecular complexity index is 792. The highest BCUT2D eigenvalue weighted by Gasteiger charge is 2.78. The summed E-state index contributed by atoms with van der Waals surface area (Å²) >= 11 is 6.91. The molecule has 168 valence electrons. The van der Waals surface area contributed by atoms with Crippen LogP contribution in [0.3, 0.4) is 0 Å². The summed E-state index contributed by atoms with van der Waals surface area (Å²) < 4.78 is 18.8. The highest BCUT2D eigenvalue weighted by Crippen LogP contribution is 2.71. The number of rotatable bonds is 4. The van der Waals surface area contributed by atoms with Crippen LogP contribution in [-0.2, 0) is 14.2 Å². The van der Waals surface area contributed by atoms with E-state index in [1.54, 1.807) is 0 Å². The minimum absolute atomic E-state index is 0.00726. The van der Waals surface area contributed by atoms with Gasteiger partial charge in [0.1, 0.15) is 23.4 Å². The van der Waals surface area contributed by atoms with Crippen LogP contribution in [0.1, 0.15) is 53.9 Å². The van der Waals surface area contributed by atoms with Gasteiger partial charge in [0.05, 0.1) is 30.5 Å².